The van der Waals surface area contributed by atoms with Gasteiger partial charge >= 0.3 is 12.1 Å². The highest BCUT2D eigenvalue weighted by Gasteiger charge is 2.50. The molecule has 320 valence electrons. The molecule has 14 nitrogen and oxygen atoms in total. The zero-order valence-electron chi connectivity index (χ0n) is 36.1. The third-order valence-electron chi connectivity index (χ3n) is 12.5. The number of hydrogen-bond acceptors (Lipinski definition) is 11. The molecule has 3 aromatic heterocycles. The molecule has 0 radical (unpaired) electrons. The first-order chi connectivity index (χ1) is 28.8. The Hall–Kier alpha value is -5.63. The lowest BCUT2D eigenvalue weighted by Gasteiger charge is -2.55. The number of piperidine rings is 2. The van der Waals surface area contributed by atoms with Gasteiger partial charge in [0.25, 0.3) is 0 Å². The minimum Gasteiger partial charge on any atom is -0.497 e. The number of benzene rings is 2. The molecule has 2 aliphatic heterocycles. The third-order valence-corrected chi connectivity index (χ3v) is 12.5. The molecule has 2 N–H and O–H groups in total. The zero-order chi connectivity index (χ0) is 42.6. The normalized spacial score (nSPS) is 17.2. The van der Waals surface area contributed by atoms with E-state index < -0.39 is 12.2 Å². The second kappa shape index (κ2) is 17.9. The van der Waals surface area contributed by atoms with Crippen molar-refractivity contribution in [3.8, 4) is 17.5 Å². The number of carboxylic acid groups (broad SMARTS) is 1. The van der Waals surface area contributed by atoms with Crippen LogP contribution in [-0.4, -0.2) is 92.8 Å². The molecule has 2 aliphatic rings. The number of methoxy groups -OCH3 is 2. The molecule has 2 unspecified atom stereocenters. The number of unbranched alkanes of at least 4 members (excludes halogenated alkanes) is 1. The molecule has 2 aromatic carbocycles. The summed E-state index contributed by atoms with van der Waals surface area (Å²) in [5.41, 5.74) is 4.72. The van der Waals surface area contributed by atoms with Crippen molar-refractivity contribution in [1.29, 1.82) is 0 Å². The molecule has 5 aromatic rings. The summed E-state index contributed by atoms with van der Waals surface area (Å²) in [6.07, 6.45) is 6.13. The van der Waals surface area contributed by atoms with Gasteiger partial charge in [-0.1, -0.05) is 58.4 Å². The van der Waals surface area contributed by atoms with Crippen molar-refractivity contribution in [2.75, 3.05) is 56.8 Å². The number of anilines is 2. The van der Waals surface area contributed by atoms with Gasteiger partial charge in [-0.3, -0.25) is 0 Å². The first-order valence-electron chi connectivity index (χ1n) is 21.1. The number of aromatic nitrogens is 5. The van der Waals surface area contributed by atoms with E-state index in [1.807, 2.05) is 61.5 Å². The van der Waals surface area contributed by atoms with Crippen molar-refractivity contribution < 1.29 is 29.2 Å². The van der Waals surface area contributed by atoms with Gasteiger partial charge < -0.3 is 39.1 Å². The Morgan fingerprint density at radius 2 is 1.55 bits per heavy atom. The van der Waals surface area contributed by atoms with E-state index in [2.05, 4.69) is 37.5 Å². The van der Waals surface area contributed by atoms with Crippen molar-refractivity contribution >= 4 is 23.4 Å². The number of carbonyl (C=O) groups is 1. The Bertz CT molecular complexity index is 2180. The predicted molar refractivity (Wildman–Crippen MR) is 231 cm³/mol. The van der Waals surface area contributed by atoms with Crippen LogP contribution in [0.25, 0.3) is 5.65 Å². The largest absolute Gasteiger partial charge is 0.497 e. The second-order valence-electron chi connectivity index (χ2n) is 17.4. The Labute approximate surface area is 353 Å². The van der Waals surface area contributed by atoms with E-state index in [1.54, 1.807) is 36.0 Å². The summed E-state index contributed by atoms with van der Waals surface area (Å²) < 4.78 is 18.6. The van der Waals surface area contributed by atoms with E-state index in [1.165, 1.54) is 0 Å². The number of aryl methyl sites for hydroxylation is 1. The van der Waals surface area contributed by atoms with Crippen LogP contribution in [0.2, 0.25) is 0 Å². The van der Waals surface area contributed by atoms with Crippen LogP contribution in [0.4, 0.5) is 16.4 Å². The average molecular weight is 821 g/mol. The van der Waals surface area contributed by atoms with Crippen molar-refractivity contribution in [2.24, 2.45) is 16.7 Å². The highest BCUT2D eigenvalue weighted by Crippen LogP contribution is 2.52. The molecule has 7 rings (SSSR count). The van der Waals surface area contributed by atoms with Crippen molar-refractivity contribution in [2.45, 2.75) is 85.9 Å². The van der Waals surface area contributed by atoms with Crippen molar-refractivity contribution in [3.05, 3.63) is 94.9 Å². The molecular formula is C46H60N8O6. The summed E-state index contributed by atoms with van der Waals surface area (Å²) in [5, 5.41) is 26.6. The first kappa shape index (κ1) is 42.5. The number of nitrogens with zero attached hydrogens (tertiary/aromatic N) is 8. The number of aliphatic hydroxyl groups is 1. The highest BCUT2D eigenvalue weighted by atomic mass is 16.5. The standard InChI is InChI=1S/C46H60N8O6/c1-8-9-24-60-43-49-42(53(28-32-10-14-35(58-6)15-11-32)29-33-12-16-36(59-7)17-13-33)41-48-27-37(54(41)50-43)39(55)34-25-31(2)40(47-26-34)51-21-18-46(19-22-51)20-23-52(44(56)57)30-38(46)45(3,4)5/h10-17,25-27,38-39,55H,8-9,18-24,28-30H2,1-7H3,(H,56,57). The predicted octanol–water partition coefficient (Wildman–Crippen LogP) is 7.94. The molecule has 60 heavy (non-hydrogen) atoms. The number of rotatable bonds is 14. The lowest BCUT2D eigenvalue weighted by atomic mass is 9.57. The summed E-state index contributed by atoms with van der Waals surface area (Å²) in [4.78, 5) is 32.7. The van der Waals surface area contributed by atoms with E-state index in [9.17, 15) is 15.0 Å². The number of pyridine rings is 1. The summed E-state index contributed by atoms with van der Waals surface area (Å²) in [6, 6.07) is 18.1. The van der Waals surface area contributed by atoms with E-state index in [0.29, 0.717) is 55.5 Å². The zero-order valence-corrected chi connectivity index (χ0v) is 36.1. The van der Waals surface area contributed by atoms with E-state index >= 15 is 0 Å². The number of likely N-dealkylation sites (tertiary alicyclic amines) is 1. The number of ether oxygens (including phenoxy) is 3. The van der Waals surface area contributed by atoms with Gasteiger partial charge in [-0.2, -0.15) is 4.98 Å². The molecule has 5 heterocycles. The fourth-order valence-electron chi connectivity index (χ4n) is 9.15. The minimum absolute atomic E-state index is 0.0144. The van der Waals surface area contributed by atoms with Gasteiger partial charge in [0.15, 0.2) is 11.5 Å². The number of fused-ring (bicyclic) bond motifs is 1. The van der Waals surface area contributed by atoms with Crippen LogP contribution in [-0.2, 0) is 13.1 Å². The molecule has 2 atom stereocenters. The van der Waals surface area contributed by atoms with Gasteiger partial charge in [0.05, 0.1) is 32.7 Å². The van der Waals surface area contributed by atoms with E-state index in [-0.39, 0.29) is 22.8 Å². The molecule has 0 aliphatic carbocycles. The third kappa shape index (κ3) is 9.08. The van der Waals surface area contributed by atoms with E-state index in [4.69, 9.17) is 34.3 Å². The lowest BCUT2D eigenvalue weighted by Crippen LogP contribution is -2.57. The van der Waals surface area contributed by atoms with Crippen LogP contribution in [0.1, 0.15) is 93.9 Å². The second-order valence-corrected chi connectivity index (χ2v) is 17.4. The van der Waals surface area contributed by atoms with Crippen LogP contribution in [0.5, 0.6) is 17.5 Å². The summed E-state index contributed by atoms with van der Waals surface area (Å²) in [7, 11) is 3.31. The van der Waals surface area contributed by atoms with Crippen LogP contribution in [0.15, 0.2) is 67.0 Å². The molecular weight excluding hydrogens is 761 g/mol. The number of aliphatic hydroxyl groups excluding tert-OH is 1. The molecule has 2 fully saturated rings. The first-order valence-corrected chi connectivity index (χ1v) is 21.1. The smallest absolute Gasteiger partial charge is 0.407 e. The summed E-state index contributed by atoms with van der Waals surface area (Å²) in [5.74, 6) is 3.28. The van der Waals surface area contributed by atoms with Crippen molar-refractivity contribution in [3.63, 3.8) is 0 Å². The molecule has 1 spiro atoms. The Morgan fingerprint density at radius 1 is 0.933 bits per heavy atom. The average Bonchev–Trinajstić information content (AvgIpc) is 3.67. The molecule has 1 amide bonds. The van der Waals surface area contributed by atoms with E-state index in [0.717, 1.165) is 79.2 Å². The van der Waals surface area contributed by atoms with Crippen LogP contribution in [0, 0.1) is 23.7 Å². The highest BCUT2D eigenvalue weighted by molar-refractivity contribution is 5.66. The number of hydrogen-bond donors (Lipinski definition) is 2. The van der Waals surface area contributed by atoms with Gasteiger partial charge in [0.1, 0.15) is 23.4 Å². The molecule has 2 saturated heterocycles. The molecule has 14 heteroatoms. The van der Waals surface area contributed by atoms with Gasteiger partial charge in [-0.25, -0.2) is 19.3 Å². The maximum atomic E-state index is 12.0. The van der Waals surface area contributed by atoms with Crippen LogP contribution in [0.3, 0.4) is 0 Å². The van der Waals surface area contributed by atoms with Gasteiger partial charge in [0.2, 0.25) is 0 Å². The summed E-state index contributed by atoms with van der Waals surface area (Å²) in [6.45, 7) is 15.2. The maximum absolute atomic E-state index is 12.0. The molecule has 0 bridgehead atoms. The Balaban J connectivity index is 1.17. The van der Waals surface area contributed by atoms with Crippen molar-refractivity contribution in [1.82, 2.24) is 29.5 Å². The van der Waals surface area contributed by atoms with Gasteiger partial charge in [0, 0.05) is 51.0 Å². The fourth-order valence-corrected chi connectivity index (χ4v) is 9.15. The maximum Gasteiger partial charge on any atom is 0.407 e. The fraction of sp³-hybridized carbons (Fsp3) is 0.500. The van der Waals surface area contributed by atoms with Crippen LogP contribution < -0.4 is 24.0 Å². The quantitative estimate of drug-likeness (QED) is 0.105. The SMILES string of the molecule is CCCCOc1nc(N(Cc2ccc(OC)cc2)Cc2ccc(OC)cc2)c2ncc(C(O)c3cnc(N4CCC5(CCN(C(=O)O)CC5C(C)(C)C)CC4)c(C)c3)n2n1. The minimum atomic E-state index is -1.08. The van der Waals surface area contributed by atoms with Gasteiger partial charge in [-0.15, -0.1) is 5.10 Å². The van der Waals surface area contributed by atoms with Crippen LogP contribution >= 0.6 is 0 Å². The Morgan fingerprint density at radius 3 is 2.10 bits per heavy atom. The van der Waals surface area contributed by atoms with Gasteiger partial charge in [-0.05, 0) is 96.4 Å². The summed E-state index contributed by atoms with van der Waals surface area (Å²) >= 11 is 0. The Kier molecular flexibility index (Phi) is 12.7. The number of amides is 1. The lowest BCUT2D eigenvalue weighted by molar-refractivity contribution is -0.0374. The number of imidazole rings is 1. The monoisotopic (exact) mass is 820 g/mol. The topological polar surface area (TPSA) is 151 Å². The molecule has 0 saturated carbocycles.